The molecule has 1 aromatic carbocycles. The molecule has 2 aromatic heterocycles. The third-order valence-electron chi connectivity index (χ3n) is 3.75. The summed E-state index contributed by atoms with van der Waals surface area (Å²) >= 11 is 0. The predicted octanol–water partition coefficient (Wildman–Crippen LogP) is 2.20. The van der Waals surface area contributed by atoms with Gasteiger partial charge in [-0.05, 0) is 29.8 Å². The number of carbonyl (C=O) groups is 1. The summed E-state index contributed by atoms with van der Waals surface area (Å²) in [5.41, 5.74) is 0.638. The molecular formula is C18H16FN3O5S. The van der Waals surface area contributed by atoms with Crippen LogP contribution in [0.25, 0.3) is 0 Å². The first-order valence-corrected chi connectivity index (χ1v) is 9.73. The van der Waals surface area contributed by atoms with Crippen LogP contribution >= 0.6 is 0 Å². The third-order valence-corrected chi connectivity index (χ3v) is 5.01. The van der Waals surface area contributed by atoms with Crippen molar-refractivity contribution in [3.05, 3.63) is 83.3 Å². The number of esters is 1. The average molecular weight is 405 g/mol. The van der Waals surface area contributed by atoms with Gasteiger partial charge >= 0.3 is 5.97 Å². The highest BCUT2D eigenvalue weighted by Crippen LogP contribution is 2.23. The van der Waals surface area contributed by atoms with E-state index in [0.717, 1.165) is 0 Å². The maximum atomic E-state index is 13.7. The summed E-state index contributed by atoms with van der Waals surface area (Å²) in [6.07, 6.45) is 1.51. The van der Waals surface area contributed by atoms with Crippen molar-refractivity contribution in [2.75, 3.05) is 7.11 Å². The number of rotatable bonds is 7. The summed E-state index contributed by atoms with van der Waals surface area (Å²) in [6.45, 7) is 0. The number of pyridine rings is 1. The number of sulfonamides is 1. The smallest absolute Gasteiger partial charge is 0.360 e. The number of hydrogen-bond acceptors (Lipinski definition) is 7. The molecule has 0 fully saturated rings. The predicted molar refractivity (Wildman–Crippen MR) is 96.1 cm³/mol. The fourth-order valence-electron chi connectivity index (χ4n) is 2.52. The molecule has 0 radical (unpaired) electrons. The number of ether oxygens (including phenoxy) is 1. The minimum Gasteiger partial charge on any atom is -0.464 e. The molecule has 10 heteroatoms. The van der Waals surface area contributed by atoms with Gasteiger partial charge in [0.15, 0.2) is 11.5 Å². The summed E-state index contributed by atoms with van der Waals surface area (Å²) in [6, 6.07) is 10.8. The van der Waals surface area contributed by atoms with Crippen molar-refractivity contribution in [3.63, 3.8) is 0 Å². The van der Waals surface area contributed by atoms with Crippen LogP contribution in [-0.2, 0) is 20.5 Å². The SMILES string of the molecule is COC(=O)c1cc(CS(=O)(=O)NC(c2cccc(F)c2)c2ccccn2)on1. The van der Waals surface area contributed by atoms with Crippen LogP contribution in [0.2, 0.25) is 0 Å². The summed E-state index contributed by atoms with van der Waals surface area (Å²) in [4.78, 5) is 15.6. The minimum atomic E-state index is -3.96. The van der Waals surface area contributed by atoms with Crippen molar-refractivity contribution >= 4 is 16.0 Å². The molecule has 0 bridgehead atoms. The van der Waals surface area contributed by atoms with Crippen LogP contribution in [0.1, 0.15) is 33.5 Å². The molecule has 28 heavy (non-hydrogen) atoms. The summed E-state index contributed by atoms with van der Waals surface area (Å²) in [5.74, 6) is -1.87. The lowest BCUT2D eigenvalue weighted by molar-refractivity contribution is 0.0589. The molecule has 0 aliphatic rings. The Balaban J connectivity index is 1.87. The number of nitrogens with zero attached hydrogens (tertiary/aromatic N) is 2. The zero-order valence-electron chi connectivity index (χ0n) is 14.7. The van der Waals surface area contributed by atoms with Gasteiger partial charge in [0.05, 0.1) is 18.8 Å². The first-order chi connectivity index (χ1) is 13.4. The second-order valence-corrected chi connectivity index (χ2v) is 7.54. The largest absolute Gasteiger partial charge is 0.464 e. The van der Waals surface area contributed by atoms with Crippen LogP contribution in [0.4, 0.5) is 4.39 Å². The Labute approximate surface area is 160 Å². The molecule has 1 atom stereocenters. The van der Waals surface area contributed by atoms with Crippen molar-refractivity contribution in [1.82, 2.24) is 14.9 Å². The lowest BCUT2D eigenvalue weighted by Crippen LogP contribution is -2.31. The van der Waals surface area contributed by atoms with Gasteiger partial charge in [0.1, 0.15) is 11.6 Å². The van der Waals surface area contributed by atoms with Crippen LogP contribution in [0.3, 0.4) is 0 Å². The van der Waals surface area contributed by atoms with Crippen LogP contribution in [0.5, 0.6) is 0 Å². The van der Waals surface area contributed by atoms with Crippen molar-refractivity contribution < 1.29 is 26.9 Å². The van der Waals surface area contributed by atoms with Crippen molar-refractivity contribution in [2.24, 2.45) is 0 Å². The number of hydrogen-bond donors (Lipinski definition) is 1. The Morgan fingerprint density at radius 1 is 1.25 bits per heavy atom. The molecular weight excluding hydrogens is 389 g/mol. The van der Waals surface area contributed by atoms with E-state index in [9.17, 15) is 17.6 Å². The molecule has 8 nitrogen and oxygen atoms in total. The van der Waals surface area contributed by atoms with E-state index in [-0.39, 0.29) is 11.5 Å². The summed E-state index contributed by atoms with van der Waals surface area (Å²) < 4.78 is 50.9. The number of benzene rings is 1. The molecule has 3 rings (SSSR count). The Hall–Kier alpha value is -3.11. The second-order valence-electron chi connectivity index (χ2n) is 5.79. The molecule has 3 aromatic rings. The highest BCUT2D eigenvalue weighted by atomic mass is 32.2. The van der Waals surface area contributed by atoms with Gasteiger partial charge in [-0.2, -0.15) is 0 Å². The third kappa shape index (κ3) is 4.78. The fourth-order valence-corrected chi connectivity index (χ4v) is 3.73. The number of halogens is 1. The standard InChI is InChI=1S/C18H16FN3O5S/c1-26-18(23)16-10-14(27-21-16)11-28(24,25)22-17(15-7-2-3-8-20-15)12-5-4-6-13(19)9-12/h2-10,17,22H,11H2,1H3. The lowest BCUT2D eigenvalue weighted by atomic mass is 10.0. The van der Waals surface area contributed by atoms with E-state index in [2.05, 4.69) is 19.6 Å². The number of carbonyl (C=O) groups excluding carboxylic acids is 1. The molecule has 0 saturated carbocycles. The Bertz CT molecular complexity index is 1070. The van der Waals surface area contributed by atoms with Gasteiger partial charge in [-0.25, -0.2) is 22.3 Å². The van der Waals surface area contributed by atoms with E-state index in [1.54, 1.807) is 24.3 Å². The van der Waals surface area contributed by atoms with Gasteiger partial charge < -0.3 is 9.26 Å². The number of nitrogens with one attached hydrogen (secondary N) is 1. The van der Waals surface area contributed by atoms with Crippen LogP contribution in [0, 0.1) is 5.82 Å². The van der Waals surface area contributed by atoms with Crippen molar-refractivity contribution in [3.8, 4) is 0 Å². The van der Waals surface area contributed by atoms with E-state index in [0.29, 0.717) is 11.3 Å². The van der Waals surface area contributed by atoms with Crippen molar-refractivity contribution in [2.45, 2.75) is 11.8 Å². The van der Waals surface area contributed by atoms with Gasteiger partial charge in [-0.15, -0.1) is 0 Å². The van der Waals surface area contributed by atoms with E-state index < -0.39 is 33.6 Å². The average Bonchev–Trinajstić information content (AvgIpc) is 3.14. The quantitative estimate of drug-likeness (QED) is 0.600. The van der Waals surface area contributed by atoms with Crippen LogP contribution < -0.4 is 4.72 Å². The zero-order chi connectivity index (χ0) is 20.1. The molecule has 1 unspecified atom stereocenters. The van der Waals surface area contributed by atoms with Crippen LogP contribution in [-0.4, -0.2) is 31.6 Å². The maximum Gasteiger partial charge on any atom is 0.360 e. The van der Waals surface area contributed by atoms with Gasteiger partial charge in [0.25, 0.3) is 0 Å². The topological polar surface area (TPSA) is 111 Å². The Morgan fingerprint density at radius 2 is 2.07 bits per heavy atom. The van der Waals surface area contributed by atoms with Gasteiger partial charge in [-0.3, -0.25) is 4.98 Å². The Kier molecular flexibility index (Phi) is 5.81. The molecule has 0 spiro atoms. The minimum absolute atomic E-state index is 0.0492. The second kappa shape index (κ2) is 8.28. The summed E-state index contributed by atoms with van der Waals surface area (Å²) in [7, 11) is -2.79. The highest BCUT2D eigenvalue weighted by molar-refractivity contribution is 7.88. The Morgan fingerprint density at radius 3 is 2.75 bits per heavy atom. The van der Waals surface area contributed by atoms with E-state index >= 15 is 0 Å². The number of methoxy groups -OCH3 is 1. The molecule has 0 saturated heterocycles. The highest BCUT2D eigenvalue weighted by Gasteiger charge is 2.25. The normalized spacial score (nSPS) is 12.5. The molecule has 0 amide bonds. The van der Waals surface area contributed by atoms with E-state index in [1.165, 1.54) is 37.6 Å². The summed E-state index contributed by atoms with van der Waals surface area (Å²) in [5, 5.41) is 3.47. The maximum absolute atomic E-state index is 13.7. The van der Waals surface area contributed by atoms with Crippen LogP contribution in [0.15, 0.2) is 59.3 Å². The zero-order valence-corrected chi connectivity index (χ0v) is 15.5. The monoisotopic (exact) mass is 405 g/mol. The molecule has 146 valence electrons. The lowest BCUT2D eigenvalue weighted by Gasteiger charge is -2.18. The van der Waals surface area contributed by atoms with Crippen molar-refractivity contribution in [1.29, 1.82) is 0 Å². The number of aromatic nitrogens is 2. The first kappa shape index (κ1) is 19.6. The first-order valence-electron chi connectivity index (χ1n) is 8.08. The van der Waals surface area contributed by atoms with E-state index in [4.69, 9.17) is 4.52 Å². The molecule has 0 aliphatic carbocycles. The van der Waals surface area contributed by atoms with Gasteiger partial charge in [-0.1, -0.05) is 23.4 Å². The van der Waals surface area contributed by atoms with Gasteiger partial charge in [0.2, 0.25) is 10.0 Å². The molecule has 2 heterocycles. The fraction of sp³-hybridized carbons (Fsp3) is 0.167. The van der Waals surface area contributed by atoms with Gasteiger partial charge in [0, 0.05) is 12.3 Å². The van der Waals surface area contributed by atoms with E-state index in [1.807, 2.05) is 0 Å². The molecule has 0 aliphatic heterocycles. The molecule has 1 N–H and O–H groups in total.